The minimum Gasteiger partial charge on any atom is -0.346 e. The molecule has 0 unspecified atom stereocenters. The molecule has 2 N–H and O–H groups in total. The Balaban J connectivity index is 1.42. The summed E-state index contributed by atoms with van der Waals surface area (Å²) in [6.07, 6.45) is 0. The molecule has 5 rings (SSSR count). The van der Waals surface area contributed by atoms with Gasteiger partial charge < -0.3 is 10.6 Å². The normalized spacial score (nSPS) is 11.8. The van der Waals surface area contributed by atoms with Crippen LogP contribution in [0.1, 0.15) is 23.6 Å². The van der Waals surface area contributed by atoms with Crippen molar-refractivity contribution in [1.82, 2.24) is 14.9 Å². The number of aryl methyl sites for hydroxylation is 3. The first-order valence-electron chi connectivity index (χ1n) is 13.2. The van der Waals surface area contributed by atoms with E-state index in [-0.39, 0.29) is 23.9 Å². The average molecular weight is 583 g/mol. The second-order valence-corrected chi connectivity index (χ2v) is 12.0. The lowest BCUT2D eigenvalue weighted by atomic mass is 10.1. The van der Waals surface area contributed by atoms with Crippen LogP contribution in [0.5, 0.6) is 0 Å². The van der Waals surface area contributed by atoms with Gasteiger partial charge in [-0.05, 0) is 56.0 Å². The average Bonchev–Trinajstić information content (AvgIpc) is 3.39. The Kier molecular flexibility index (Phi) is 8.37. The van der Waals surface area contributed by atoms with Crippen LogP contribution < -0.4 is 16.2 Å². The van der Waals surface area contributed by atoms with E-state index in [4.69, 9.17) is 4.98 Å². The van der Waals surface area contributed by atoms with Crippen LogP contribution in [0.25, 0.3) is 27.0 Å². The number of nitrogens with zero attached hydrogens (tertiary/aromatic N) is 2. The van der Waals surface area contributed by atoms with Crippen molar-refractivity contribution in [1.29, 1.82) is 0 Å². The first-order chi connectivity index (χ1) is 19.7. The lowest BCUT2D eigenvalue weighted by Crippen LogP contribution is -2.37. The lowest BCUT2D eigenvalue weighted by Gasteiger charge is -2.17. The van der Waals surface area contributed by atoms with E-state index in [2.05, 4.69) is 10.6 Å². The summed E-state index contributed by atoms with van der Waals surface area (Å²) in [6.45, 7) is 7.37. The number of carbonyl (C=O) groups is 2. The Morgan fingerprint density at radius 2 is 1.59 bits per heavy atom. The third kappa shape index (κ3) is 5.96. The van der Waals surface area contributed by atoms with Crippen LogP contribution in [0.4, 0.5) is 5.69 Å². The number of anilines is 1. The zero-order valence-corrected chi connectivity index (χ0v) is 24.9. The predicted octanol–water partition coefficient (Wildman–Crippen LogP) is 6.27. The Morgan fingerprint density at radius 1 is 0.927 bits per heavy atom. The standard InChI is InChI=1S/C32H30N4O3S2/c1-19-11-8-9-16-25(19)36-31(39)27-24(23-14-6-5-7-15-23)18-40-30(27)35-32(36)41-22(4)29(38)33-17-26(37)34-28-20(2)12-10-13-21(28)3/h5-16,18,22H,17H2,1-4H3,(H,33,38)(H,34,37)/t22-/m0/s1. The lowest BCUT2D eigenvalue weighted by molar-refractivity contribution is -0.123. The Labute approximate surface area is 246 Å². The molecule has 7 nitrogen and oxygen atoms in total. The van der Waals surface area contributed by atoms with Crippen LogP contribution in [-0.4, -0.2) is 33.2 Å². The molecule has 5 aromatic rings. The molecule has 0 saturated carbocycles. The first-order valence-corrected chi connectivity index (χ1v) is 15.0. The fourth-order valence-electron chi connectivity index (χ4n) is 4.63. The van der Waals surface area contributed by atoms with Crippen LogP contribution in [0, 0.1) is 20.8 Å². The number of thiophene rings is 1. The van der Waals surface area contributed by atoms with Crippen LogP contribution in [0.2, 0.25) is 0 Å². The maximum Gasteiger partial charge on any atom is 0.268 e. The predicted molar refractivity (Wildman–Crippen MR) is 168 cm³/mol. The summed E-state index contributed by atoms with van der Waals surface area (Å²) >= 11 is 2.60. The van der Waals surface area contributed by atoms with E-state index in [1.165, 1.54) is 23.1 Å². The van der Waals surface area contributed by atoms with Gasteiger partial charge in [0.25, 0.3) is 5.56 Å². The van der Waals surface area contributed by atoms with Crippen molar-refractivity contribution in [2.45, 2.75) is 38.1 Å². The third-order valence-electron chi connectivity index (χ3n) is 6.84. The van der Waals surface area contributed by atoms with Gasteiger partial charge in [0.15, 0.2) is 5.16 Å². The van der Waals surface area contributed by atoms with E-state index in [0.29, 0.717) is 21.1 Å². The number of carbonyl (C=O) groups excluding carboxylic acids is 2. The molecular formula is C32H30N4O3S2. The highest BCUT2D eigenvalue weighted by atomic mass is 32.2. The summed E-state index contributed by atoms with van der Waals surface area (Å²) in [5.74, 6) is -0.634. The summed E-state index contributed by atoms with van der Waals surface area (Å²) in [7, 11) is 0. The van der Waals surface area contributed by atoms with Gasteiger partial charge in [0.1, 0.15) is 4.83 Å². The van der Waals surface area contributed by atoms with Crippen molar-refractivity contribution in [3.63, 3.8) is 0 Å². The molecule has 0 aliphatic heterocycles. The summed E-state index contributed by atoms with van der Waals surface area (Å²) in [5.41, 5.74) is 5.87. The van der Waals surface area contributed by atoms with Crippen LogP contribution >= 0.6 is 23.1 Å². The zero-order valence-electron chi connectivity index (χ0n) is 23.2. The van der Waals surface area contributed by atoms with Crippen molar-refractivity contribution in [2.24, 2.45) is 0 Å². The fraction of sp³-hybridized carbons (Fsp3) is 0.188. The number of hydrogen-bond acceptors (Lipinski definition) is 6. The van der Waals surface area contributed by atoms with Gasteiger partial charge in [-0.25, -0.2) is 4.98 Å². The third-order valence-corrected chi connectivity index (χ3v) is 8.76. The first kappa shape index (κ1) is 28.3. The van der Waals surface area contributed by atoms with Crippen molar-refractivity contribution >= 4 is 50.8 Å². The summed E-state index contributed by atoms with van der Waals surface area (Å²) in [4.78, 5) is 45.3. The van der Waals surface area contributed by atoms with E-state index in [0.717, 1.165) is 33.5 Å². The van der Waals surface area contributed by atoms with Crippen LogP contribution in [0.3, 0.4) is 0 Å². The zero-order chi connectivity index (χ0) is 29.1. The number of fused-ring (bicyclic) bond motifs is 1. The minimum atomic E-state index is -0.615. The molecule has 0 spiro atoms. The molecule has 0 radical (unpaired) electrons. The van der Waals surface area contributed by atoms with Gasteiger partial charge >= 0.3 is 0 Å². The molecule has 3 aromatic carbocycles. The second-order valence-electron chi connectivity index (χ2n) is 9.81. The van der Waals surface area contributed by atoms with Gasteiger partial charge in [0, 0.05) is 16.6 Å². The highest BCUT2D eigenvalue weighted by Crippen LogP contribution is 2.34. The number of amides is 2. The highest BCUT2D eigenvalue weighted by Gasteiger charge is 2.23. The van der Waals surface area contributed by atoms with E-state index >= 15 is 0 Å². The van der Waals surface area contributed by atoms with E-state index in [1.54, 1.807) is 11.5 Å². The van der Waals surface area contributed by atoms with Gasteiger partial charge in [-0.3, -0.25) is 19.0 Å². The molecule has 2 aromatic heterocycles. The molecule has 2 heterocycles. The van der Waals surface area contributed by atoms with E-state index in [1.807, 2.05) is 98.9 Å². The molecule has 0 saturated heterocycles. The molecule has 0 bridgehead atoms. The highest BCUT2D eigenvalue weighted by molar-refractivity contribution is 8.00. The summed E-state index contributed by atoms with van der Waals surface area (Å²) in [5, 5.41) is 7.92. The molecular weight excluding hydrogens is 553 g/mol. The van der Waals surface area contributed by atoms with E-state index < -0.39 is 5.25 Å². The molecule has 0 fully saturated rings. The monoisotopic (exact) mass is 582 g/mol. The maximum absolute atomic E-state index is 14.1. The Morgan fingerprint density at radius 3 is 2.29 bits per heavy atom. The maximum atomic E-state index is 14.1. The molecule has 1 atom stereocenters. The molecule has 0 aliphatic rings. The smallest absolute Gasteiger partial charge is 0.268 e. The number of nitrogens with one attached hydrogen (secondary N) is 2. The largest absolute Gasteiger partial charge is 0.346 e. The van der Waals surface area contributed by atoms with Gasteiger partial charge in [0.2, 0.25) is 11.8 Å². The molecule has 9 heteroatoms. The van der Waals surface area contributed by atoms with Crippen molar-refractivity contribution < 1.29 is 9.59 Å². The van der Waals surface area contributed by atoms with Gasteiger partial charge in [-0.2, -0.15) is 0 Å². The number of rotatable bonds is 8. The number of para-hydroxylation sites is 2. The molecule has 0 aliphatic carbocycles. The minimum absolute atomic E-state index is 0.167. The number of benzene rings is 3. The quantitative estimate of drug-likeness (QED) is 0.166. The number of hydrogen-bond donors (Lipinski definition) is 2. The fourth-order valence-corrected chi connectivity index (χ4v) is 6.56. The molecule has 41 heavy (non-hydrogen) atoms. The van der Waals surface area contributed by atoms with Crippen molar-refractivity contribution in [3.05, 3.63) is 105 Å². The summed E-state index contributed by atoms with van der Waals surface area (Å²) < 4.78 is 1.60. The number of thioether (sulfide) groups is 1. The van der Waals surface area contributed by atoms with Crippen LogP contribution in [-0.2, 0) is 9.59 Å². The summed E-state index contributed by atoms with van der Waals surface area (Å²) in [6, 6.07) is 23.2. The van der Waals surface area contributed by atoms with Crippen molar-refractivity contribution in [2.75, 3.05) is 11.9 Å². The van der Waals surface area contributed by atoms with Crippen LogP contribution in [0.15, 0.2) is 88.1 Å². The molecule has 208 valence electrons. The van der Waals surface area contributed by atoms with E-state index in [9.17, 15) is 14.4 Å². The Hall–Kier alpha value is -4.21. The van der Waals surface area contributed by atoms with Gasteiger partial charge in [-0.1, -0.05) is 78.5 Å². The van der Waals surface area contributed by atoms with Gasteiger partial charge in [0.05, 0.1) is 22.9 Å². The topological polar surface area (TPSA) is 93.1 Å². The van der Waals surface area contributed by atoms with Crippen molar-refractivity contribution in [3.8, 4) is 16.8 Å². The second kappa shape index (κ2) is 12.1. The Bertz CT molecular complexity index is 1790. The molecule has 2 amide bonds. The number of aromatic nitrogens is 2. The SMILES string of the molecule is Cc1ccccc1-n1c(S[C@@H](C)C(=O)NCC(=O)Nc2c(C)cccc2C)nc2scc(-c3ccccc3)c2c1=O. The van der Waals surface area contributed by atoms with Gasteiger partial charge in [-0.15, -0.1) is 11.3 Å².